The maximum atomic E-state index is 13.6. The van der Waals surface area contributed by atoms with Gasteiger partial charge in [0.05, 0.1) is 12.3 Å². The Kier molecular flexibility index (Phi) is 13.0. The summed E-state index contributed by atoms with van der Waals surface area (Å²) in [5, 5.41) is 15.4. The number of carboxylic acid groups (broad SMARTS) is 1. The number of ether oxygens (including phenoxy) is 2. The maximum Gasteiger partial charge on any atom is 0.409 e. The van der Waals surface area contributed by atoms with Crippen LogP contribution in [0.5, 0.6) is 5.75 Å². The smallest absolute Gasteiger partial charge is 0.409 e. The van der Waals surface area contributed by atoms with E-state index in [9.17, 15) is 24.3 Å². The van der Waals surface area contributed by atoms with E-state index in [2.05, 4.69) is 22.5 Å². The molecule has 3 heterocycles. The van der Waals surface area contributed by atoms with Crippen LogP contribution in [0, 0.1) is 0 Å². The fraction of sp³-hybridized carbons (Fsp3) is 0.545. The number of nitrogens with zero attached hydrogens (tertiary/aromatic N) is 3. The summed E-state index contributed by atoms with van der Waals surface area (Å²) >= 11 is 0. The molecule has 2 fully saturated rings. The molecule has 3 amide bonds. The monoisotopic (exact) mass is 623 g/mol. The van der Waals surface area contributed by atoms with Gasteiger partial charge in [0.25, 0.3) is 5.91 Å². The van der Waals surface area contributed by atoms with Crippen molar-refractivity contribution in [3.63, 3.8) is 0 Å². The minimum absolute atomic E-state index is 0.00455. The van der Waals surface area contributed by atoms with Crippen LogP contribution < -0.4 is 15.4 Å². The molecule has 3 N–H and O–H groups in total. The van der Waals surface area contributed by atoms with Gasteiger partial charge in [0.1, 0.15) is 23.6 Å². The molecule has 45 heavy (non-hydrogen) atoms. The number of piperidine rings is 1. The molecule has 2 aliphatic heterocycles. The molecule has 0 spiro atoms. The summed E-state index contributed by atoms with van der Waals surface area (Å²) in [6.45, 7) is 5.25. The van der Waals surface area contributed by atoms with Gasteiger partial charge in [-0.05, 0) is 38.8 Å². The normalized spacial score (nSPS) is 16.1. The third kappa shape index (κ3) is 10.4. The largest absolute Gasteiger partial charge is 0.490 e. The van der Waals surface area contributed by atoms with Crippen molar-refractivity contribution in [3.05, 3.63) is 48.2 Å². The van der Waals surface area contributed by atoms with Gasteiger partial charge in [-0.3, -0.25) is 14.4 Å². The van der Waals surface area contributed by atoms with E-state index < -0.39 is 29.9 Å². The summed E-state index contributed by atoms with van der Waals surface area (Å²) in [7, 11) is 0. The van der Waals surface area contributed by atoms with Crippen molar-refractivity contribution in [2.75, 3.05) is 45.9 Å². The van der Waals surface area contributed by atoms with Crippen molar-refractivity contribution in [1.82, 2.24) is 25.4 Å². The number of hydrogen-bond acceptors (Lipinski definition) is 8. The second-order valence-electron chi connectivity index (χ2n) is 11.5. The lowest BCUT2D eigenvalue weighted by molar-refractivity contribution is -0.138. The van der Waals surface area contributed by atoms with Crippen LogP contribution in [0.1, 0.15) is 68.8 Å². The average molecular weight is 624 g/mol. The zero-order chi connectivity index (χ0) is 32.0. The number of aromatic nitrogens is 1. The van der Waals surface area contributed by atoms with Crippen LogP contribution in [-0.2, 0) is 14.3 Å². The number of carbonyl (C=O) groups is 4. The molecule has 12 nitrogen and oxygen atoms in total. The number of unbranched alkanes of at least 4 members (excludes halogenated alkanes) is 3. The number of carbonyl (C=O) groups excluding carboxylic acids is 3. The Balaban J connectivity index is 1.43. The number of aliphatic carboxylic acids is 1. The van der Waals surface area contributed by atoms with E-state index in [-0.39, 0.29) is 50.8 Å². The first kappa shape index (κ1) is 33.7. The van der Waals surface area contributed by atoms with Crippen molar-refractivity contribution >= 4 is 23.9 Å². The molecule has 4 rings (SSSR count). The fourth-order valence-corrected chi connectivity index (χ4v) is 5.42. The average Bonchev–Trinajstić information content (AvgIpc) is 3.06. The van der Waals surface area contributed by atoms with Crippen LogP contribution in [-0.4, -0.2) is 102 Å². The first-order chi connectivity index (χ1) is 21.8. The van der Waals surface area contributed by atoms with Gasteiger partial charge in [-0.25, -0.2) is 9.78 Å². The van der Waals surface area contributed by atoms with Crippen LogP contribution >= 0.6 is 0 Å². The predicted molar refractivity (Wildman–Crippen MR) is 168 cm³/mol. The van der Waals surface area contributed by atoms with Gasteiger partial charge in [-0.1, -0.05) is 56.5 Å². The maximum absolute atomic E-state index is 13.6. The second kappa shape index (κ2) is 17.3. The molecule has 0 saturated carbocycles. The van der Waals surface area contributed by atoms with Crippen molar-refractivity contribution < 1.29 is 33.8 Å². The number of benzene rings is 1. The van der Waals surface area contributed by atoms with E-state index in [1.165, 1.54) is 0 Å². The van der Waals surface area contributed by atoms with Crippen LogP contribution in [0.4, 0.5) is 4.79 Å². The third-order valence-electron chi connectivity index (χ3n) is 8.01. The van der Waals surface area contributed by atoms with E-state index in [1.807, 2.05) is 30.3 Å². The van der Waals surface area contributed by atoms with Gasteiger partial charge in [0.15, 0.2) is 0 Å². The molecule has 0 aliphatic carbocycles. The van der Waals surface area contributed by atoms with Gasteiger partial charge >= 0.3 is 12.1 Å². The highest BCUT2D eigenvalue weighted by Crippen LogP contribution is 2.25. The van der Waals surface area contributed by atoms with Gasteiger partial charge < -0.3 is 35.0 Å². The lowest BCUT2D eigenvalue weighted by atomic mass is 10.1. The molecular formula is C33H45N5O7. The number of nitrogens with one attached hydrogen (secondary N) is 2. The van der Waals surface area contributed by atoms with Gasteiger partial charge in [-0.2, -0.15) is 0 Å². The standard InChI is InChI=1S/C33H45N5O7/c1-2-3-4-8-21-44-33(43)38-19-17-37(18-20-38)32(42)27(11-12-30(39)40)36-31(41)29-23-26(45-25-13-15-34-16-14-25)22-28(35-29)24-9-6-5-7-10-24/h5-7,9-10,22-23,25,27,34H,2-4,8,11-21H2,1H3,(H,36,41)(H,39,40)/t27-/m0/s1. The van der Waals surface area contributed by atoms with Crippen LogP contribution in [0.25, 0.3) is 11.3 Å². The quantitative estimate of drug-likeness (QED) is 0.268. The molecule has 244 valence electrons. The summed E-state index contributed by atoms with van der Waals surface area (Å²) in [5.41, 5.74) is 1.42. The summed E-state index contributed by atoms with van der Waals surface area (Å²) in [5.74, 6) is -1.57. The van der Waals surface area contributed by atoms with Gasteiger partial charge in [-0.15, -0.1) is 0 Å². The molecule has 2 saturated heterocycles. The topological polar surface area (TPSA) is 150 Å². The van der Waals surface area contributed by atoms with E-state index >= 15 is 0 Å². The minimum Gasteiger partial charge on any atom is -0.490 e. The molecular weight excluding hydrogens is 578 g/mol. The molecule has 1 aromatic heterocycles. The summed E-state index contributed by atoms with van der Waals surface area (Å²) in [6, 6.07) is 11.7. The Morgan fingerprint density at radius 3 is 2.40 bits per heavy atom. The minimum atomic E-state index is -1.08. The van der Waals surface area contributed by atoms with Crippen LogP contribution in [0.3, 0.4) is 0 Å². The Bertz CT molecular complexity index is 1280. The molecule has 0 radical (unpaired) electrons. The highest BCUT2D eigenvalue weighted by molar-refractivity contribution is 5.97. The number of carboxylic acids is 1. The lowest BCUT2D eigenvalue weighted by Crippen LogP contribution is -2.56. The van der Waals surface area contributed by atoms with E-state index in [4.69, 9.17) is 9.47 Å². The molecule has 1 atom stereocenters. The van der Waals surface area contributed by atoms with E-state index in [1.54, 1.807) is 21.9 Å². The van der Waals surface area contributed by atoms with Crippen LogP contribution in [0.15, 0.2) is 42.5 Å². The third-order valence-corrected chi connectivity index (χ3v) is 8.01. The van der Waals surface area contributed by atoms with Gasteiger partial charge in [0.2, 0.25) is 5.91 Å². The Morgan fingerprint density at radius 1 is 1.00 bits per heavy atom. The zero-order valence-corrected chi connectivity index (χ0v) is 26.0. The summed E-state index contributed by atoms with van der Waals surface area (Å²) < 4.78 is 11.6. The summed E-state index contributed by atoms with van der Waals surface area (Å²) in [4.78, 5) is 58.8. The Hall–Kier alpha value is -4.19. The number of hydrogen-bond donors (Lipinski definition) is 3. The Labute approximate surface area is 264 Å². The van der Waals surface area contributed by atoms with Crippen molar-refractivity contribution in [1.29, 1.82) is 0 Å². The predicted octanol–water partition coefficient (Wildman–Crippen LogP) is 3.70. The van der Waals surface area contributed by atoms with Crippen molar-refractivity contribution in [2.24, 2.45) is 0 Å². The highest BCUT2D eigenvalue weighted by Gasteiger charge is 2.31. The van der Waals surface area contributed by atoms with E-state index in [0.29, 0.717) is 18.1 Å². The molecule has 1 aromatic carbocycles. The first-order valence-corrected chi connectivity index (χ1v) is 16.0. The SMILES string of the molecule is CCCCCCOC(=O)N1CCN(C(=O)[C@H](CCC(=O)O)NC(=O)c2cc(OC3CCNCC3)cc(-c3ccccc3)n2)CC1. The fourth-order valence-electron chi connectivity index (χ4n) is 5.42. The van der Waals surface area contributed by atoms with Crippen LogP contribution in [0.2, 0.25) is 0 Å². The number of rotatable bonds is 14. The zero-order valence-electron chi connectivity index (χ0n) is 26.0. The van der Waals surface area contributed by atoms with E-state index in [0.717, 1.165) is 57.2 Å². The molecule has 0 unspecified atom stereocenters. The number of amides is 3. The molecule has 2 aromatic rings. The first-order valence-electron chi connectivity index (χ1n) is 16.0. The Morgan fingerprint density at radius 2 is 1.71 bits per heavy atom. The number of pyridine rings is 1. The highest BCUT2D eigenvalue weighted by atomic mass is 16.6. The van der Waals surface area contributed by atoms with Gasteiger partial charge in [0, 0.05) is 50.3 Å². The summed E-state index contributed by atoms with van der Waals surface area (Å²) in [6.07, 6.45) is 4.89. The second-order valence-corrected chi connectivity index (χ2v) is 11.5. The van der Waals surface area contributed by atoms with Crippen molar-refractivity contribution in [3.8, 4) is 17.0 Å². The molecule has 2 aliphatic rings. The molecule has 12 heteroatoms. The number of piperazine rings is 1. The van der Waals surface area contributed by atoms with Crippen molar-refractivity contribution in [2.45, 2.75) is 70.4 Å². The molecule has 0 bridgehead atoms. The lowest BCUT2D eigenvalue weighted by Gasteiger charge is -2.36.